The monoisotopic (exact) mass is 360 g/mol. The molecular formula is C19H21ClN2O3. The van der Waals surface area contributed by atoms with E-state index in [-0.39, 0.29) is 18.4 Å². The Hall–Kier alpha value is -2.53. The first-order chi connectivity index (χ1) is 11.8. The zero-order valence-corrected chi connectivity index (χ0v) is 15.5. The van der Waals surface area contributed by atoms with E-state index in [1.807, 2.05) is 32.0 Å². The number of hydrogen-bond acceptors (Lipinski definition) is 3. The minimum absolute atomic E-state index is 0.0819. The predicted octanol–water partition coefficient (Wildman–Crippen LogP) is 3.68. The average molecular weight is 361 g/mol. The molecule has 2 aromatic rings. The van der Waals surface area contributed by atoms with Gasteiger partial charge >= 0.3 is 0 Å². The molecule has 132 valence electrons. The number of amides is 2. The fourth-order valence-corrected chi connectivity index (χ4v) is 2.75. The average Bonchev–Trinajstić information content (AvgIpc) is 2.53. The van der Waals surface area contributed by atoms with Crippen LogP contribution >= 0.6 is 11.6 Å². The standard InChI is InChI=1S/C19H21ClN2O3/c1-12-7-13(2)9-14(8-12)19(24)22(3)11-18(23)21-16-10-15(20)5-6-17(16)25-4/h5-10H,11H2,1-4H3,(H,21,23). The van der Waals surface area contributed by atoms with E-state index in [0.717, 1.165) is 11.1 Å². The second kappa shape index (κ2) is 8.03. The SMILES string of the molecule is COc1ccc(Cl)cc1NC(=O)CN(C)C(=O)c1cc(C)cc(C)c1. The number of likely N-dealkylation sites (N-methyl/N-ethyl adjacent to an activating group) is 1. The van der Waals surface area contributed by atoms with Crippen LogP contribution in [-0.2, 0) is 4.79 Å². The Morgan fingerprint density at radius 1 is 1.12 bits per heavy atom. The lowest BCUT2D eigenvalue weighted by Gasteiger charge is -2.18. The molecule has 0 bridgehead atoms. The third kappa shape index (κ3) is 4.97. The maximum atomic E-state index is 12.5. The molecule has 1 N–H and O–H groups in total. The quantitative estimate of drug-likeness (QED) is 0.884. The lowest BCUT2D eigenvalue weighted by atomic mass is 10.1. The van der Waals surface area contributed by atoms with Crippen molar-refractivity contribution in [2.45, 2.75) is 13.8 Å². The molecule has 0 spiro atoms. The summed E-state index contributed by atoms with van der Waals surface area (Å²) in [6.07, 6.45) is 0. The summed E-state index contributed by atoms with van der Waals surface area (Å²) in [5.74, 6) is -0.0400. The number of hydrogen-bond donors (Lipinski definition) is 1. The number of carbonyl (C=O) groups is 2. The van der Waals surface area contributed by atoms with Crippen LogP contribution in [0.15, 0.2) is 36.4 Å². The molecule has 6 heteroatoms. The summed E-state index contributed by atoms with van der Waals surface area (Å²) in [4.78, 5) is 26.2. The molecule has 0 aliphatic heterocycles. The molecule has 2 aromatic carbocycles. The van der Waals surface area contributed by atoms with Gasteiger partial charge in [-0.15, -0.1) is 0 Å². The largest absolute Gasteiger partial charge is 0.495 e. The number of nitrogens with one attached hydrogen (secondary N) is 1. The van der Waals surface area contributed by atoms with Crippen molar-refractivity contribution in [3.8, 4) is 5.75 Å². The van der Waals surface area contributed by atoms with Gasteiger partial charge in [-0.2, -0.15) is 0 Å². The number of benzene rings is 2. The molecule has 5 nitrogen and oxygen atoms in total. The van der Waals surface area contributed by atoms with Gasteiger partial charge in [-0.3, -0.25) is 9.59 Å². The van der Waals surface area contributed by atoms with Crippen molar-refractivity contribution in [3.63, 3.8) is 0 Å². The van der Waals surface area contributed by atoms with Crippen molar-refractivity contribution in [2.75, 3.05) is 26.0 Å². The molecule has 0 saturated carbocycles. The fraction of sp³-hybridized carbons (Fsp3) is 0.263. The van der Waals surface area contributed by atoms with Crippen LogP contribution in [0, 0.1) is 13.8 Å². The molecule has 25 heavy (non-hydrogen) atoms. The van der Waals surface area contributed by atoms with Crippen molar-refractivity contribution in [3.05, 3.63) is 58.1 Å². The number of carbonyl (C=O) groups excluding carboxylic acids is 2. The number of anilines is 1. The van der Waals surface area contributed by atoms with Crippen molar-refractivity contribution in [2.24, 2.45) is 0 Å². The first-order valence-corrected chi connectivity index (χ1v) is 8.15. The van der Waals surface area contributed by atoms with Crippen LogP contribution in [0.2, 0.25) is 5.02 Å². The van der Waals surface area contributed by atoms with Gasteiger partial charge in [0.25, 0.3) is 5.91 Å². The first kappa shape index (κ1) is 18.8. The van der Waals surface area contributed by atoms with Gasteiger partial charge in [0.1, 0.15) is 5.75 Å². The lowest BCUT2D eigenvalue weighted by Crippen LogP contribution is -2.35. The van der Waals surface area contributed by atoms with Gasteiger partial charge in [0.15, 0.2) is 0 Å². The van der Waals surface area contributed by atoms with E-state index in [9.17, 15) is 9.59 Å². The molecule has 0 aromatic heterocycles. The summed E-state index contributed by atoms with van der Waals surface area (Å²) in [7, 11) is 3.10. The smallest absolute Gasteiger partial charge is 0.254 e. The van der Waals surface area contributed by atoms with Crippen molar-refractivity contribution < 1.29 is 14.3 Å². The van der Waals surface area contributed by atoms with Crippen LogP contribution in [0.1, 0.15) is 21.5 Å². The van der Waals surface area contributed by atoms with E-state index in [4.69, 9.17) is 16.3 Å². The third-order valence-corrected chi connectivity index (χ3v) is 3.87. The molecule has 2 amide bonds. The lowest BCUT2D eigenvalue weighted by molar-refractivity contribution is -0.116. The molecule has 0 heterocycles. The van der Waals surface area contributed by atoms with Gasteiger partial charge in [-0.05, 0) is 44.2 Å². The highest BCUT2D eigenvalue weighted by Crippen LogP contribution is 2.27. The highest BCUT2D eigenvalue weighted by Gasteiger charge is 2.16. The van der Waals surface area contributed by atoms with Gasteiger partial charge in [0.05, 0.1) is 19.3 Å². The highest BCUT2D eigenvalue weighted by atomic mass is 35.5. The maximum Gasteiger partial charge on any atom is 0.254 e. The fourth-order valence-electron chi connectivity index (χ4n) is 2.57. The Kier molecular flexibility index (Phi) is 6.04. The van der Waals surface area contributed by atoms with Crippen LogP contribution in [0.25, 0.3) is 0 Å². The summed E-state index contributed by atoms with van der Waals surface area (Å²) < 4.78 is 5.20. The van der Waals surface area contributed by atoms with E-state index < -0.39 is 0 Å². The van der Waals surface area contributed by atoms with Crippen LogP contribution in [0.5, 0.6) is 5.75 Å². The minimum atomic E-state index is -0.333. The van der Waals surface area contributed by atoms with Gasteiger partial charge in [0, 0.05) is 17.6 Å². The number of halogens is 1. The van der Waals surface area contributed by atoms with E-state index >= 15 is 0 Å². The Balaban J connectivity index is 2.07. The summed E-state index contributed by atoms with van der Waals surface area (Å²) in [5, 5.41) is 3.20. The first-order valence-electron chi connectivity index (χ1n) is 7.77. The van der Waals surface area contributed by atoms with E-state index in [1.165, 1.54) is 12.0 Å². The zero-order valence-electron chi connectivity index (χ0n) is 14.7. The van der Waals surface area contributed by atoms with Crippen molar-refractivity contribution in [1.82, 2.24) is 4.90 Å². The van der Waals surface area contributed by atoms with Crippen molar-refractivity contribution >= 4 is 29.1 Å². The number of aryl methyl sites for hydroxylation is 2. The third-order valence-electron chi connectivity index (χ3n) is 3.63. The molecule has 0 aliphatic carbocycles. The van der Waals surface area contributed by atoms with Gasteiger partial charge in [-0.1, -0.05) is 28.8 Å². The second-order valence-electron chi connectivity index (χ2n) is 5.93. The number of rotatable bonds is 5. The van der Waals surface area contributed by atoms with E-state index in [0.29, 0.717) is 22.0 Å². The maximum absolute atomic E-state index is 12.5. The van der Waals surface area contributed by atoms with Crippen LogP contribution in [0.4, 0.5) is 5.69 Å². The van der Waals surface area contributed by atoms with Crippen LogP contribution < -0.4 is 10.1 Å². The molecule has 0 fully saturated rings. The Morgan fingerprint density at radius 2 is 1.76 bits per heavy atom. The molecule has 0 atom stereocenters. The van der Waals surface area contributed by atoms with Gasteiger partial charge in [0.2, 0.25) is 5.91 Å². The summed E-state index contributed by atoms with van der Waals surface area (Å²) in [5.41, 5.74) is 3.04. The van der Waals surface area contributed by atoms with E-state index in [2.05, 4.69) is 5.32 Å². The Morgan fingerprint density at radius 3 is 2.36 bits per heavy atom. The number of methoxy groups -OCH3 is 1. The van der Waals surface area contributed by atoms with E-state index in [1.54, 1.807) is 25.2 Å². The predicted molar refractivity (Wildman–Crippen MR) is 99.5 cm³/mol. The number of nitrogens with zero attached hydrogens (tertiary/aromatic N) is 1. The van der Waals surface area contributed by atoms with Gasteiger partial charge in [-0.25, -0.2) is 0 Å². The van der Waals surface area contributed by atoms with Gasteiger partial charge < -0.3 is 15.0 Å². The normalized spacial score (nSPS) is 10.3. The summed E-state index contributed by atoms with van der Waals surface area (Å²) in [6, 6.07) is 10.6. The molecule has 2 rings (SSSR count). The minimum Gasteiger partial charge on any atom is -0.495 e. The molecule has 0 saturated heterocycles. The topological polar surface area (TPSA) is 58.6 Å². The molecule has 0 unspecified atom stereocenters. The van der Waals surface area contributed by atoms with Crippen LogP contribution in [0.3, 0.4) is 0 Å². The second-order valence-corrected chi connectivity index (χ2v) is 6.37. The zero-order chi connectivity index (χ0) is 18.6. The highest BCUT2D eigenvalue weighted by molar-refractivity contribution is 6.31. The summed E-state index contributed by atoms with van der Waals surface area (Å²) >= 11 is 5.95. The summed E-state index contributed by atoms with van der Waals surface area (Å²) in [6.45, 7) is 3.78. The Labute approximate surface area is 152 Å². The molecular weight excluding hydrogens is 340 g/mol. The molecule has 0 aliphatic rings. The van der Waals surface area contributed by atoms with Crippen LogP contribution in [-0.4, -0.2) is 37.4 Å². The Bertz CT molecular complexity index is 785. The van der Waals surface area contributed by atoms with Crippen molar-refractivity contribution in [1.29, 1.82) is 0 Å². The number of ether oxygens (including phenoxy) is 1. The molecule has 0 radical (unpaired) electrons.